The minimum absolute atomic E-state index is 0.399. The fourth-order valence-corrected chi connectivity index (χ4v) is 1.28. The Bertz CT molecular complexity index is 136. The molecule has 0 radical (unpaired) electrons. The van der Waals surface area contributed by atoms with Gasteiger partial charge in [0.25, 0.3) is 0 Å². The van der Waals surface area contributed by atoms with E-state index in [0.717, 1.165) is 0 Å². The first kappa shape index (κ1) is 8.93. The summed E-state index contributed by atoms with van der Waals surface area (Å²) in [5.41, 5.74) is 0. The molecule has 0 saturated carbocycles. The number of hydrogen-bond acceptors (Lipinski definition) is 4. The Labute approximate surface area is 65.4 Å². The van der Waals surface area contributed by atoms with Crippen molar-refractivity contribution in [2.24, 2.45) is 0 Å². The van der Waals surface area contributed by atoms with Gasteiger partial charge in [0.1, 0.15) is 18.3 Å². The Kier molecular flexibility index (Phi) is 2.49. The fraction of sp³-hybridized carbons (Fsp3) is 1.00. The first-order valence-corrected chi connectivity index (χ1v) is 3.73. The van der Waals surface area contributed by atoms with E-state index in [1.165, 1.54) is 6.92 Å². The Morgan fingerprint density at radius 2 is 1.82 bits per heavy atom. The van der Waals surface area contributed by atoms with E-state index in [1.807, 2.05) is 0 Å². The molecule has 0 aliphatic carbocycles. The molecule has 3 N–H and O–H groups in total. The van der Waals surface area contributed by atoms with Crippen LogP contribution in [0.4, 0.5) is 0 Å². The molecule has 1 aliphatic rings. The van der Waals surface area contributed by atoms with Crippen molar-refractivity contribution in [1.29, 1.82) is 0 Å². The number of rotatable bonds is 1. The second-order valence-electron chi connectivity index (χ2n) is 3.03. The summed E-state index contributed by atoms with van der Waals surface area (Å²) in [6.07, 6.45) is -3.64. The molecule has 1 heterocycles. The number of ether oxygens (including phenoxy) is 1. The van der Waals surface area contributed by atoms with Crippen LogP contribution in [-0.2, 0) is 4.74 Å². The van der Waals surface area contributed by atoms with E-state index in [-0.39, 0.29) is 0 Å². The van der Waals surface area contributed by atoms with Gasteiger partial charge in [-0.1, -0.05) is 0 Å². The van der Waals surface area contributed by atoms with Crippen LogP contribution in [0.2, 0.25) is 0 Å². The zero-order valence-electron chi connectivity index (χ0n) is 6.64. The Hall–Kier alpha value is -0.160. The topological polar surface area (TPSA) is 69.9 Å². The number of aliphatic hydroxyl groups excluding tert-OH is 3. The molecular weight excluding hydrogens is 148 g/mol. The lowest BCUT2D eigenvalue weighted by Gasteiger charge is -2.16. The summed E-state index contributed by atoms with van der Waals surface area (Å²) in [6.45, 7) is 3.19. The molecule has 0 spiro atoms. The van der Waals surface area contributed by atoms with Gasteiger partial charge >= 0.3 is 0 Å². The molecule has 1 aliphatic heterocycles. The van der Waals surface area contributed by atoms with Gasteiger partial charge in [0.05, 0.1) is 12.2 Å². The monoisotopic (exact) mass is 162 g/mol. The summed E-state index contributed by atoms with van der Waals surface area (Å²) >= 11 is 0. The molecule has 0 aromatic carbocycles. The smallest absolute Gasteiger partial charge is 0.112 e. The zero-order chi connectivity index (χ0) is 8.59. The fourth-order valence-electron chi connectivity index (χ4n) is 1.28. The van der Waals surface area contributed by atoms with E-state index < -0.39 is 30.5 Å². The van der Waals surface area contributed by atoms with Crippen LogP contribution in [-0.4, -0.2) is 45.8 Å². The quantitative estimate of drug-likeness (QED) is 0.456. The zero-order valence-corrected chi connectivity index (χ0v) is 6.64. The third-order valence-corrected chi connectivity index (χ3v) is 2.01. The highest BCUT2D eigenvalue weighted by atomic mass is 16.6. The molecule has 0 bridgehead atoms. The molecule has 0 aromatic heterocycles. The molecule has 0 aromatic rings. The van der Waals surface area contributed by atoms with Gasteiger partial charge in [-0.25, -0.2) is 0 Å². The molecule has 4 nitrogen and oxygen atoms in total. The summed E-state index contributed by atoms with van der Waals surface area (Å²) in [6, 6.07) is 0. The third kappa shape index (κ3) is 1.54. The van der Waals surface area contributed by atoms with Crippen LogP contribution >= 0.6 is 0 Å². The van der Waals surface area contributed by atoms with E-state index in [1.54, 1.807) is 6.92 Å². The van der Waals surface area contributed by atoms with Crippen LogP contribution < -0.4 is 0 Å². The molecule has 1 rings (SSSR count). The van der Waals surface area contributed by atoms with Crippen LogP contribution in [0.3, 0.4) is 0 Å². The molecule has 1 fully saturated rings. The van der Waals surface area contributed by atoms with Gasteiger partial charge < -0.3 is 20.1 Å². The SMILES string of the molecule is CC(O)[C@@H]1O[C@@H](C)[C@@H](O)C1O. The van der Waals surface area contributed by atoms with Crippen molar-refractivity contribution < 1.29 is 20.1 Å². The lowest BCUT2D eigenvalue weighted by atomic mass is 10.1. The van der Waals surface area contributed by atoms with Crippen molar-refractivity contribution in [1.82, 2.24) is 0 Å². The van der Waals surface area contributed by atoms with Crippen molar-refractivity contribution in [2.75, 3.05) is 0 Å². The van der Waals surface area contributed by atoms with E-state index in [4.69, 9.17) is 9.84 Å². The standard InChI is InChI=1S/C7H14O4/c1-3(8)7-6(10)5(9)4(2)11-7/h3-10H,1-2H3/t3?,4-,5+,6?,7-/m0/s1. The number of aliphatic hydroxyl groups is 3. The maximum atomic E-state index is 9.26. The summed E-state index contributed by atoms with van der Waals surface area (Å²) in [5.74, 6) is 0. The van der Waals surface area contributed by atoms with Gasteiger partial charge in [0.2, 0.25) is 0 Å². The van der Waals surface area contributed by atoms with Gasteiger partial charge in [0.15, 0.2) is 0 Å². The van der Waals surface area contributed by atoms with E-state index in [0.29, 0.717) is 0 Å². The minimum atomic E-state index is -0.968. The molecule has 11 heavy (non-hydrogen) atoms. The van der Waals surface area contributed by atoms with Crippen LogP contribution in [0.1, 0.15) is 13.8 Å². The maximum Gasteiger partial charge on any atom is 0.112 e. The van der Waals surface area contributed by atoms with Crippen LogP contribution in [0.5, 0.6) is 0 Å². The first-order valence-electron chi connectivity index (χ1n) is 3.73. The van der Waals surface area contributed by atoms with Gasteiger partial charge in [-0.3, -0.25) is 0 Å². The summed E-state index contributed by atoms with van der Waals surface area (Å²) in [4.78, 5) is 0. The van der Waals surface area contributed by atoms with E-state index in [9.17, 15) is 10.2 Å². The molecule has 5 atom stereocenters. The summed E-state index contributed by atoms with van der Waals surface area (Å²) in [5, 5.41) is 27.5. The van der Waals surface area contributed by atoms with E-state index >= 15 is 0 Å². The Morgan fingerprint density at radius 1 is 1.27 bits per heavy atom. The van der Waals surface area contributed by atoms with Crippen molar-refractivity contribution in [3.63, 3.8) is 0 Å². The van der Waals surface area contributed by atoms with Crippen LogP contribution in [0, 0.1) is 0 Å². The van der Waals surface area contributed by atoms with Crippen LogP contribution in [0.15, 0.2) is 0 Å². The minimum Gasteiger partial charge on any atom is -0.391 e. The first-order chi connectivity index (χ1) is 5.04. The highest BCUT2D eigenvalue weighted by Gasteiger charge is 2.42. The molecule has 2 unspecified atom stereocenters. The van der Waals surface area contributed by atoms with Crippen molar-refractivity contribution in [3.8, 4) is 0 Å². The molecular formula is C7H14O4. The Balaban J connectivity index is 2.59. The highest BCUT2D eigenvalue weighted by Crippen LogP contribution is 2.22. The summed E-state index contributed by atoms with van der Waals surface area (Å²) < 4.78 is 5.10. The lowest BCUT2D eigenvalue weighted by molar-refractivity contribution is -0.0546. The largest absolute Gasteiger partial charge is 0.391 e. The average Bonchev–Trinajstić information content (AvgIpc) is 2.17. The molecule has 66 valence electrons. The van der Waals surface area contributed by atoms with Crippen LogP contribution in [0.25, 0.3) is 0 Å². The van der Waals surface area contributed by atoms with Gasteiger partial charge in [-0.15, -0.1) is 0 Å². The normalized spacial score (nSPS) is 47.7. The van der Waals surface area contributed by atoms with Gasteiger partial charge in [-0.2, -0.15) is 0 Å². The summed E-state index contributed by atoms with van der Waals surface area (Å²) in [7, 11) is 0. The van der Waals surface area contributed by atoms with Gasteiger partial charge in [0, 0.05) is 0 Å². The average molecular weight is 162 g/mol. The lowest BCUT2D eigenvalue weighted by Crippen LogP contribution is -2.37. The van der Waals surface area contributed by atoms with Gasteiger partial charge in [-0.05, 0) is 13.8 Å². The third-order valence-electron chi connectivity index (χ3n) is 2.01. The second-order valence-corrected chi connectivity index (χ2v) is 3.03. The van der Waals surface area contributed by atoms with E-state index in [2.05, 4.69) is 0 Å². The highest BCUT2D eigenvalue weighted by molar-refractivity contribution is 4.90. The van der Waals surface area contributed by atoms with Crippen molar-refractivity contribution in [2.45, 2.75) is 44.4 Å². The Morgan fingerprint density at radius 3 is 2.00 bits per heavy atom. The maximum absolute atomic E-state index is 9.26. The predicted octanol–water partition coefficient (Wildman–Crippen LogP) is -1.12. The van der Waals surface area contributed by atoms with Crippen molar-refractivity contribution in [3.05, 3.63) is 0 Å². The molecule has 0 amide bonds. The predicted molar refractivity (Wildman–Crippen MR) is 38.0 cm³/mol. The number of hydrogen-bond donors (Lipinski definition) is 3. The second kappa shape index (κ2) is 3.06. The molecule has 4 heteroatoms. The molecule has 1 saturated heterocycles. The van der Waals surface area contributed by atoms with Crippen molar-refractivity contribution >= 4 is 0 Å².